The molecule has 4 aromatic rings. The summed E-state index contributed by atoms with van der Waals surface area (Å²) >= 11 is 2.46. The molecule has 5 rings (SSSR count). The highest BCUT2D eigenvalue weighted by molar-refractivity contribution is 8.00. The molecule has 0 bridgehead atoms. The maximum atomic E-state index is 14.5. The Labute approximate surface area is 284 Å². The van der Waals surface area contributed by atoms with Gasteiger partial charge in [-0.15, -0.1) is 23.1 Å². The molecule has 0 aliphatic carbocycles. The molecule has 4 amide bonds. The monoisotopic (exact) mass is 686 g/mol. The molecule has 48 heavy (non-hydrogen) atoms. The maximum absolute atomic E-state index is 14.5. The van der Waals surface area contributed by atoms with Crippen LogP contribution in [-0.2, 0) is 32.1 Å². The number of amides is 4. The number of fused-ring (bicyclic) bond motifs is 1. The van der Waals surface area contributed by atoms with Gasteiger partial charge < -0.3 is 25.6 Å². The summed E-state index contributed by atoms with van der Waals surface area (Å²) in [6.07, 6.45) is 1.74. The fourth-order valence-electron chi connectivity index (χ4n) is 4.94. The quantitative estimate of drug-likeness (QED) is 0.110. The van der Waals surface area contributed by atoms with Gasteiger partial charge in [-0.3, -0.25) is 19.2 Å². The molecule has 13 heteroatoms. The first-order chi connectivity index (χ1) is 23.1. The molecule has 3 aromatic carbocycles. The zero-order chi connectivity index (χ0) is 34.2. The van der Waals surface area contributed by atoms with E-state index in [0.717, 1.165) is 10.4 Å². The molecule has 0 saturated heterocycles. The van der Waals surface area contributed by atoms with Gasteiger partial charge in [0.05, 0.1) is 25.0 Å². The lowest BCUT2D eigenvalue weighted by molar-refractivity contribution is -0.129. The minimum absolute atomic E-state index is 0.00821. The second-order valence-electron chi connectivity index (χ2n) is 10.6. The first kappa shape index (κ1) is 34.1. The first-order valence-electron chi connectivity index (χ1n) is 14.8. The topological polar surface area (TPSA) is 134 Å². The van der Waals surface area contributed by atoms with Crippen LogP contribution >= 0.6 is 23.1 Å². The second-order valence-corrected chi connectivity index (χ2v) is 12.8. The molecule has 0 atom stereocenters. The molecule has 0 radical (unpaired) electrons. The normalized spacial score (nSPS) is 12.5. The summed E-state index contributed by atoms with van der Waals surface area (Å²) in [5, 5.41) is 8.52. The van der Waals surface area contributed by atoms with Gasteiger partial charge >= 0.3 is 5.97 Å². The number of nitrogens with zero attached hydrogens (tertiary/aromatic N) is 1. The third-order valence-electron chi connectivity index (χ3n) is 7.34. The van der Waals surface area contributed by atoms with Gasteiger partial charge in [0.2, 0.25) is 11.8 Å². The van der Waals surface area contributed by atoms with E-state index in [1.165, 1.54) is 61.4 Å². The molecular formula is C35H31FN4O6S2. The lowest BCUT2D eigenvalue weighted by Gasteiger charge is -2.25. The highest BCUT2D eigenvalue weighted by Gasteiger charge is 2.30. The number of thiophene rings is 1. The van der Waals surface area contributed by atoms with Crippen molar-refractivity contribution >= 4 is 69.5 Å². The largest absolute Gasteiger partial charge is 0.465 e. The van der Waals surface area contributed by atoms with E-state index < -0.39 is 23.6 Å². The summed E-state index contributed by atoms with van der Waals surface area (Å²) in [6.45, 7) is 2.32. The predicted octanol–water partition coefficient (Wildman–Crippen LogP) is 5.72. The van der Waals surface area contributed by atoms with E-state index in [-0.39, 0.29) is 28.8 Å². The number of halogens is 1. The minimum Gasteiger partial charge on any atom is -0.465 e. The molecule has 3 N–H and O–H groups in total. The maximum Gasteiger partial charge on any atom is 0.341 e. The van der Waals surface area contributed by atoms with Crippen LogP contribution in [-0.4, -0.2) is 53.9 Å². The zero-order valence-corrected chi connectivity index (χ0v) is 27.6. The molecule has 1 aliphatic heterocycles. The molecule has 0 fully saturated rings. The number of hydrogen-bond donors (Lipinski definition) is 3. The highest BCUT2D eigenvalue weighted by Crippen LogP contribution is 2.38. The number of thioether (sulfide) groups is 1. The number of ether oxygens (including phenoxy) is 1. The Morgan fingerprint density at radius 3 is 2.46 bits per heavy atom. The van der Waals surface area contributed by atoms with Crippen LogP contribution in [0, 0.1) is 5.82 Å². The lowest BCUT2D eigenvalue weighted by atomic mass is 10.0. The van der Waals surface area contributed by atoms with E-state index in [2.05, 4.69) is 16.0 Å². The smallest absolute Gasteiger partial charge is 0.341 e. The standard InChI is InChI=1S/C35H31FN4O6S2/c1-21(41)40-16-15-26-29(19-40)48-34(31(26)35(45)46-2)39-30(42)20-47-25-13-8-12-24(18-25)37-33(44)28(17-23-11-6-7-14-27(23)36)38-32(43)22-9-4-3-5-10-22/h3-14,17-18H,15-16,19-20H2,1-2H3,(H,37,44)(H,38,43)(H,39,42)/b28-17-. The van der Waals surface area contributed by atoms with E-state index in [0.29, 0.717) is 46.2 Å². The van der Waals surface area contributed by atoms with Crippen LogP contribution in [0.2, 0.25) is 0 Å². The number of carbonyl (C=O) groups is 5. The van der Waals surface area contributed by atoms with Gasteiger partial charge in [-0.25, -0.2) is 9.18 Å². The fourth-order valence-corrected chi connectivity index (χ4v) is 6.96. The van der Waals surface area contributed by atoms with Gasteiger partial charge in [-0.05, 0) is 54.5 Å². The third-order valence-corrected chi connectivity index (χ3v) is 9.47. The van der Waals surface area contributed by atoms with E-state index in [1.807, 2.05) is 0 Å². The Balaban J connectivity index is 1.27. The fraction of sp³-hybridized carbons (Fsp3) is 0.171. The van der Waals surface area contributed by atoms with Crippen LogP contribution in [0.5, 0.6) is 0 Å². The van der Waals surface area contributed by atoms with Crippen molar-refractivity contribution in [1.29, 1.82) is 0 Å². The van der Waals surface area contributed by atoms with Crippen molar-refractivity contribution in [2.24, 2.45) is 0 Å². The Bertz CT molecular complexity index is 1910. The summed E-state index contributed by atoms with van der Waals surface area (Å²) in [6, 6.07) is 21.0. The number of hydrogen-bond acceptors (Lipinski definition) is 8. The number of methoxy groups -OCH3 is 1. The number of benzene rings is 3. The van der Waals surface area contributed by atoms with Crippen LogP contribution in [0.15, 0.2) is 89.5 Å². The molecule has 10 nitrogen and oxygen atoms in total. The zero-order valence-electron chi connectivity index (χ0n) is 26.0. The van der Waals surface area contributed by atoms with Crippen molar-refractivity contribution in [1.82, 2.24) is 10.2 Å². The predicted molar refractivity (Wildman–Crippen MR) is 183 cm³/mol. The number of esters is 1. The highest BCUT2D eigenvalue weighted by atomic mass is 32.2. The SMILES string of the molecule is COC(=O)c1c(NC(=O)CSc2cccc(NC(=O)/C(=C/c3ccccc3F)NC(=O)c3ccccc3)c2)sc2c1CCN(C(C)=O)C2. The van der Waals surface area contributed by atoms with E-state index in [1.54, 1.807) is 65.6 Å². The van der Waals surface area contributed by atoms with Gasteiger partial charge in [-0.1, -0.05) is 42.5 Å². The van der Waals surface area contributed by atoms with Crippen molar-refractivity contribution in [3.8, 4) is 0 Å². The summed E-state index contributed by atoms with van der Waals surface area (Å²) in [4.78, 5) is 67.0. The average Bonchev–Trinajstić information content (AvgIpc) is 3.45. The molecule has 0 unspecified atom stereocenters. The van der Waals surface area contributed by atoms with Gasteiger partial charge in [0.15, 0.2) is 0 Å². The number of nitrogens with one attached hydrogen (secondary N) is 3. The van der Waals surface area contributed by atoms with Crippen molar-refractivity contribution in [2.45, 2.75) is 24.8 Å². The molecule has 246 valence electrons. The summed E-state index contributed by atoms with van der Waals surface area (Å²) in [5.41, 5.74) is 1.73. The molecule has 0 spiro atoms. The molecule has 0 saturated carbocycles. The van der Waals surface area contributed by atoms with Crippen LogP contribution in [0.3, 0.4) is 0 Å². The van der Waals surface area contributed by atoms with Gasteiger partial charge in [0.1, 0.15) is 16.5 Å². The first-order valence-corrected chi connectivity index (χ1v) is 16.6. The second kappa shape index (κ2) is 15.5. The Hall–Kier alpha value is -5.27. The van der Waals surface area contributed by atoms with E-state index in [9.17, 15) is 28.4 Å². The molecule has 1 aliphatic rings. The Kier molecular flexibility index (Phi) is 11.0. The average molecular weight is 687 g/mol. The van der Waals surface area contributed by atoms with Gasteiger partial charge in [0.25, 0.3) is 11.8 Å². The van der Waals surface area contributed by atoms with Crippen molar-refractivity contribution in [3.05, 3.63) is 118 Å². The number of anilines is 2. The summed E-state index contributed by atoms with van der Waals surface area (Å²) in [7, 11) is 1.28. The molecular weight excluding hydrogens is 656 g/mol. The van der Waals surface area contributed by atoms with E-state index in [4.69, 9.17) is 4.74 Å². The van der Waals surface area contributed by atoms with Crippen LogP contribution < -0.4 is 16.0 Å². The van der Waals surface area contributed by atoms with Gasteiger partial charge in [-0.2, -0.15) is 0 Å². The van der Waals surface area contributed by atoms with Crippen LogP contribution in [0.4, 0.5) is 15.1 Å². The van der Waals surface area contributed by atoms with Crippen LogP contribution in [0.25, 0.3) is 6.08 Å². The van der Waals surface area contributed by atoms with Gasteiger partial charge in [0, 0.05) is 40.1 Å². The van der Waals surface area contributed by atoms with Crippen molar-refractivity contribution in [2.75, 3.05) is 30.0 Å². The summed E-state index contributed by atoms with van der Waals surface area (Å²) < 4.78 is 19.4. The lowest BCUT2D eigenvalue weighted by Crippen LogP contribution is -2.33. The van der Waals surface area contributed by atoms with E-state index >= 15 is 0 Å². The number of carbonyl (C=O) groups excluding carboxylic acids is 5. The Morgan fingerprint density at radius 1 is 0.979 bits per heavy atom. The van der Waals surface area contributed by atoms with Crippen LogP contribution in [0.1, 0.15) is 43.6 Å². The minimum atomic E-state index is -0.678. The third kappa shape index (κ3) is 8.35. The summed E-state index contributed by atoms with van der Waals surface area (Å²) in [5.74, 6) is -2.77. The van der Waals surface area contributed by atoms with Crippen molar-refractivity contribution < 1.29 is 33.1 Å². The number of rotatable bonds is 10. The Morgan fingerprint density at radius 2 is 1.73 bits per heavy atom. The molecule has 1 aromatic heterocycles. The molecule has 2 heterocycles. The van der Waals surface area contributed by atoms with Crippen molar-refractivity contribution in [3.63, 3.8) is 0 Å².